The van der Waals surface area contributed by atoms with E-state index in [0.29, 0.717) is 6.04 Å². The van der Waals surface area contributed by atoms with Crippen molar-refractivity contribution in [1.29, 1.82) is 0 Å². The zero-order chi connectivity index (χ0) is 15.2. The first kappa shape index (κ1) is 16.3. The van der Waals surface area contributed by atoms with Crippen molar-refractivity contribution in [1.82, 2.24) is 10.2 Å². The molecule has 1 aliphatic heterocycles. The quantitative estimate of drug-likeness (QED) is 0.870. The number of nitrogens with one attached hydrogen (secondary N) is 1. The largest absolute Gasteiger partial charge is 0.496 e. The molecule has 0 bridgehead atoms. The molecule has 1 fully saturated rings. The third-order valence-electron chi connectivity index (χ3n) is 4.49. The van der Waals surface area contributed by atoms with Gasteiger partial charge in [-0.25, -0.2) is 0 Å². The van der Waals surface area contributed by atoms with Gasteiger partial charge in [0.15, 0.2) is 0 Å². The highest BCUT2D eigenvalue weighted by Gasteiger charge is 2.20. The summed E-state index contributed by atoms with van der Waals surface area (Å²) in [5, 5.41) is 3.45. The Kier molecular flexibility index (Phi) is 6.07. The molecule has 0 saturated carbocycles. The maximum atomic E-state index is 5.53. The third kappa shape index (κ3) is 4.72. The summed E-state index contributed by atoms with van der Waals surface area (Å²) < 4.78 is 5.53. The number of aryl methyl sites for hydroxylation is 1. The highest BCUT2D eigenvalue weighted by Crippen LogP contribution is 2.24. The average molecular weight is 290 g/mol. The highest BCUT2D eigenvalue weighted by molar-refractivity contribution is 5.36. The van der Waals surface area contributed by atoms with Gasteiger partial charge in [-0.3, -0.25) is 4.90 Å². The monoisotopic (exact) mass is 290 g/mol. The molecule has 0 aliphatic carbocycles. The Balaban J connectivity index is 2.06. The van der Waals surface area contributed by atoms with Crippen molar-refractivity contribution in [2.24, 2.45) is 5.92 Å². The Morgan fingerprint density at radius 2 is 2.00 bits per heavy atom. The second-order valence-corrected chi connectivity index (χ2v) is 6.53. The Bertz CT molecular complexity index is 439. The fourth-order valence-corrected chi connectivity index (χ4v) is 3.10. The zero-order valence-corrected chi connectivity index (χ0v) is 14.0. The molecule has 21 heavy (non-hydrogen) atoms. The van der Waals surface area contributed by atoms with Gasteiger partial charge >= 0.3 is 0 Å². The van der Waals surface area contributed by atoms with Gasteiger partial charge in [0, 0.05) is 24.7 Å². The molecule has 1 heterocycles. The van der Waals surface area contributed by atoms with E-state index in [9.17, 15) is 0 Å². The Hall–Kier alpha value is -1.06. The van der Waals surface area contributed by atoms with E-state index in [0.717, 1.165) is 18.2 Å². The summed E-state index contributed by atoms with van der Waals surface area (Å²) in [6.45, 7) is 11.2. The summed E-state index contributed by atoms with van der Waals surface area (Å²) in [5.41, 5.74) is 2.61. The van der Waals surface area contributed by atoms with Gasteiger partial charge in [0.25, 0.3) is 0 Å². The molecule has 2 rings (SSSR count). The topological polar surface area (TPSA) is 24.5 Å². The van der Waals surface area contributed by atoms with Gasteiger partial charge in [-0.2, -0.15) is 0 Å². The zero-order valence-electron chi connectivity index (χ0n) is 14.0. The Morgan fingerprint density at radius 1 is 1.29 bits per heavy atom. The molecule has 0 atom stereocenters. The fraction of sp³-hybridized carbons (Fsp3) is 0.667. The number of methoxy groups -OCH3 is 1. The Morgan fingerprint density at radius 3 is 2.62 bits per heavy atom. The number of hydrogen-bond acceptors (Lipinski definition) is 3. The van der Waals surface area contributed by atoms with Gasteiger partial charge in [-0.1, -0.05) is 17.7 Å². The van der Waals surface area contributed by atoms with Crippen LogP contribution < -0.4 is 10.1 Å². The van der Waals surface area contributed by atoms with Crippen LogP contribution in [-0.4, -0.2) is 37.7 Å². The fourth-order valence-electron chi connectivity index (χ4n) is 3.10. The highest BCUT2D eigenvalue weighted by atomic mass is 16.5. The average Bonchev–Trinajstić information content (AvgIpc) is 2.48. The smallest absolute Gasteiger partial charge is 0.123 e. The van der Waals surface area contributed by atoms with Crippen LogP contribution in [-0.2, 0) is 6.54 Å². The molecule has 0 amide bonds. The van der Waals surface area contributed by atoms with E-state index in [1.165, 1.54) is 43.6 Å². The normalized spacial score (nSPS) is 16.7. The predicted octanol–water partition coefficient (Wildman–Crippen LogP) is 3.21. The van der Waals surface area contributed by atoms with E-state index in [1.54, 1.807) is 7.11 Å². The minimum atomic E-state index is 0.560. The SMILES string of the molecule is COc1ccc(C)cc1CN(CC1CCNCC1)C(C)C. The molecule has 3 heteroatoms. The van der Waals surface area contributed by atoms with E-state index in [2.05, 4.69) is 49.2 Å². The van der Waals surface area contributed by atoms with Crippen molar-refractivity contribution in [2.75, 3.05) is 26.7 Å². The summed E-state index contributed by atoms with van der Waals surface area (Å²) >= 11 is 0. The number of nitrogens with zero attached hydrogens (tertiary/aromatic N) is 1. The first-order valence-corrected chi connectivity index (χ1v) is 8.18. The number of piperidine rings is 1. The van der Waals surface area contributed by atoms with Crippen LogP contribution >= 0.6 is 0 Å². The van der Waals surface area contributed by atoms with E-state index in [-0.39, 0.29) is 0 Å². The van der Waals surface area contributed by atoms with E-state index >= 15 is 0 Å². The summed E-state index contributed by atoms with van der Waals surface area (Å²) in [4.78, 5) is 2.59. The third-order valence-corrected chi connectivity index (χ3v) is 4.49. The summed E-state index contributed by atoms with van der Waals surface area (Å²) in [6.07, 6.45) is 2.60. The number of rotatable bonds is 6. The maximum absolute atomic E-state index is 5.53. The van der Waals surface area contributed by atoms with Crippen LogP contribution in [0, 0.1) is 12.8 Å². The molecule has 3 nitrogen and oxygen atoms in total. The van der Waals surface area contributed by atoms with Crippen molar-refractivity contribution >= 4 is 0 Å². The van der Waals surface area contributed by atoms with Crippen molar-refractivity contribution in [3.63, 3.8) is 0 Å². The molecular formula is C18H30N2O. The Labute approximate surface area is 129 Å². The van der Waals surface area contributed by atoms with Crippen molar-refractivity contribution < 1.29 is 4.74 Å². The molecule has 1 N–H and O–H groups in total. The standard InChI is InChI=1S/C18H30N2O/c1-14(2)20(12-16-7-9-19-10-8-16)13-17-11-15(3)5-6-18(17)21-4/h5-6,11,14,16,19H,7-10,12-13H2,1-4H3. The van der Waals surface area contributed by atoms with Crippen molar-refractivity contribution in [2.45, 2.75) is 46.2 Å². The number of hydrogen-bond donors (Lipinski definition) is 1. The molecule has 1 saturated heterocycles. The molecule has 0 aromatic heterocycles. The first-order valence-electron chi connectivity index (χ1n) is 8.18. The van der Waals surface area contributed by atoms with Gasteiger partial charge in [-0.05, 0) is 58.7 Å². The van der Waals surface area contributed by atoms with Crippen LogP contribution in [0.4, 0.5) is 0 Å². The lowest BCUT2D eigenvalue weighted by Crippen LogP contribution is -2.39. The van der Waals surface area contributed by atoms with Crippen LogP contribution in [0.1, 0.15) is 37.8 Å². The lowest BCUT2D eigenvalue weighted by molar-refractivity contribution is 0.160. The molecular weight excluding hydrogens is 260 g/mol. The van der Waals surface area contributed by atoms with E-state index < -0.39 is 0 Å². The molecule has 118 valence electrons. The summed E-state index contributed by atoms with van der Waals surface area (Å²) in [6, 6.07) is 7.03. The lowest BCUT2D eigenvalue weighted by Gasteiger charge is -2.33. The van der Waals surface area contributed by atoms with Crippen LogP contribution in [0.25, 0.3) is 0 Å². The maximum Gasteiger partial charge on any atom is 0.123 e. The van der Waals surface area contributed by atoms with Crippen molar-refractivity contribution in [3.8, 4) is 5.75 Å². The molecule has 1 aromatic rings. The minimum absolute atomic E-state index is 0.560. The van der Waals surface area contributed by atoms with Gasteiger partial charge in [0.1, 0.15) is 5.75 Å². The second-order valence-electron chi connectivity index (χ2n) is 6.53. The molecule has 1 aliphatic rings. The summed E-state index contributed by atoms with van der Waals surface area (Å²) in [7, 11) is 1.76. The number of benzene rings is 1. The van der Waals surface area contributed by atoms with Gasteiger partial charge in [-0.15, -0.1) is 0 Å². The van der Waals surface area contributed by atoms with Crippen LogP contribution in [0.2, 0.25) is 0 Å². The van der Waals surface area contributed by atoms with E-state index in [4.69, 9.17) is 4.74 Å². The minimum Gasteiger partial charge on any atom is -0.496 e. The van der Waals surface area contributed by atoms with Gasteiger partial charge in [0.2, 0.25) is 0 Å². The lowest BCUT2D eigenvalue weighted by atomic mass is 9.96. The van der Waals surface area contributed by atoms with Gasteiger partial charge < -0.3 is 10.1 Å². The summed E-state index contributed by atoms with van der Waals surface area (Å²) in [5.74, 6) is 1.83. The molecule has 1 aromatic carbocycles. The second kappa shape index (κ2) is 7.81. The van der Waals surface area contributed by atoms with Crippen LogP contribution in [0.15, 0.2) is 18.2 Å². The predicted molar refractivity (Wildman–Crippen MR) is 88.9 cm³/mol. The van der Waals surface area contributed by atoms with Crippen molar-refractivity contribution in [3.05, 3.63) is 29.3 Å². The van der Waals surface area contributed by atoms with Crippen LogP contribution in [0.3, 0.4) is 0 Å². The molecule has 0 radical (unpaired) electrons. The van der Waals surface area contributed by atoms with E-state index in [1.807, 2.05) is 0 Å². The van der Waals surface area contributed by atoms with Gasteiger partial charge in [0.05, 0.1) is 7.11 Å². The molecule has 0 unspecified atom stereocenters. The molecule has 0 spiro atoms. The number of ether oxygens (including phenoxy) is 1. The first-order chi connectivity index (χ1) is 10.1. The van der Waals surface area contributed by atoms with Crippen LogP contribution in [0.5, 0.6) is 5.75 Å².